The molecule has 1 aromatic heterocycles. The van der Waals surface area contributed by atoms with Crippen LogP contribution in [0.5, 0.6) is 0 Å². The third-order valence-corrected chi connectivity index (χ3v) is 13.5. The van der Waals surface area contributed by atoms with E-state index in [-0.39, 0.29) is 0 Å². The van der Waals surface area contributed by atoms with Crippen LogP contribution in [-0.4, -0.2) is 4.57 Å². The normalized spacial score (nSPS) is 14.3. The van der Waals surface area contributed by atoms with Gasteiger partial charge >= 0.3 is 0 Å². The quantitative estimate of drug-likeness (QED) is 0.159. The fourth-order valence-corrected chi connectivity index (χ4v) is 11.0. The Morgan fingerprint density at radius 2 is 0.781 bits per heavy atom. The molecule has 0 saturated carbocycles. The van der Waals surface area contributed by atoms with Crippen molar-refractivity contribution < 1.29 is 0 Å². The first-order valence-electron chi connectivity index (χ1n) is 22.1. The molecule has 1 heterocycles. The van der Waals surface area contributed by atoms with Crippen molar-refractivity contribution in [3.63, 3.8) is 0 Å². The highest BCUT2D eigenvalue weighted by atomic mass is 15.2. The van der Waals surface area contributed by atoms with E-state index in [0.29, 0.717) is 0 Å². The Kier molecular flexibility index (Phi) is 8.13. The number of rotatable bonds is 7. The van der Waals surface area contributed by atoms with Crippen LogP contribution in [0.15, 0.2) is 249 Å². The number of hydrogen-bond acceptors (Lipinski definition) is 2. The molecule has 3 heteroatoms. The SMILES string of the molecule is c1ccc(N(c2ccccc2)c2ccc3c(c2)C2(c4ccccc4-c4cc(N(c5ccccc5)c5cccc6c7ccccc7n(-c7ccccc7)c56)ccc42)c2ccccc2-3)cc1. The minimum absolute atomic E-state index is 0.525. The van der Waals surface area contributed by atoms with E-state index >= 15 is 0 Å². The number of nitrogens with zero attached hydrogens (tertiary/aromatic N) is 3. The van der Waals surface area contributed by atoms with Crippen LogP contribution in [-0.2, 0) is 5.41 Å². The largest absolute Gasteiger partial charge is 0.310 e. The van der Waals surface area contributed by atoms with Crippen LogP contribution in [0.1, 0.15) is 22.3 Å². The number of benzene rings is 10. The predicted molar refractivity (Wildman–Crippen MR) is 266 cm³/mol. The van der Waals surface area contributed by atoms with Crippen LogP contribution >= 0.6 is 0 Å². The highest BCUT2D eigenvalue weighted by Gasteiger charge is 2.52. The molecular weight excluding hydrogens is 775 g/mol. The summed E-state index contributed by atoms with van der Waals surface area (Å²) in [5.74, 6) is 0. The maximum absolute atomic E-state index is 2.47. The van der Waals surface area contributed by atoms with Gasteiger partial charge < -0.3 is 14.4 Å². The molecule has 0 N–H and O–H groups in total. The van der Waals surface area contributed by atoms with Gasteiger partial charge in [-0.05, 0) is 129 Å². The summed E-state index contributed by atoms with van der Waals surface area (Å²) in [6.45, 7) is 0. The molecular formula is C61H41N3. The number of para-hydroxylation sites is 6. The van der Waals surface area contributed by atoms with E-state index < -0.39 is 5.41 Å². The van der Waals surface area contributed by atoms with Crippen molar-refractivity contribution >= 4 is 55.9 Å². The van der Waals surface area contributed by atoms with E-state index in [1.54, 1.807) is 0 Å². The molecule has 300 valence electrons. The van der Waals surface area contributed by atoms with Gasteiger partial charge in [0.2, 0.25) is 0 Å². The first-order valence-corrected chi connectivity index (χ1v) is 22.1. The van der Waals surface area contributed by atoms with Crippen LogP contribution in [0.2, 0.25) is 0 Å². The van der Waals surface area contributed by atoms with Gasteiger partial charge in [-0.15, -0.1) is 0 Å². The Morgan fingerprint density at radius 1 is 0.297 bits per heavy atom. The predicted octanol–water partition coefficient (Wildman–Crippen LogP) is 16.1. The van der Waals surface area contributed by atoms with Crippen molar-refractivity contribution in [1.29, 1.82) is 0 Å². The van der Waals surface area contributed by atoms with Crippen LogP contribution < -0.4 is 9.80 Å². The molecule has 0 aliphatic heterocycles. The molecule has 3 nitrogen and oxygen atoms in total. The maximum Gasteiger partial charge on any atom is 0.0782 e. The van der Waals surface area contributed by atoms with E-state index in [9.17, 15) is 0 Å². The van der Waals surface area contributed by atoms with Gasteiger partial charge in [0.15, 0.2) is 0 Å². The maximum atomic E-state index is 2.47. The van der Waals surface area contributed by atoms with Gasteiger partial charge in [-0.25, -0.2) is 0 Å². The van der Waals surface area contributed by atoms with Crippen molar-refractivity contribution in [3.8, 4) is 27.9 Å². The summed E-state index contributed by atoms with van der Waals surface area (Å²) in [5.41, 5.74) is 20.0. The summed E-state index contributed by atoms with van der Waals surface area (Å²) >= 11 is 0. The minimum Gasteiger partial charge on any atom is -0.310 e. The molecule has 11 aromatic rings. The second kappa shape index (κ2) is 14.3. The van der Waals surface area contributed by atoms with Crippen molar-refractivity contribution in [2.75, 3.05) is 9.80 Å². The first kappa shape index (κ1) is 36.3. The summed E-state index contributed by atoms with van der Waals surface area (Å²) in [4.78, 5) is 4.84. The monoisotopic (exact) mass is 815 g/mol. The van der Waals surface area contributed by atoms with E-state index in [4.69, 9.17) is 0 Å². The zero-order valence-corrected chi connectivity index (χ0v) is 35.0. The highest BCUT2D eigenvalue weighted by molar-refractivity contribution is 6.14. The van der Waals surface area contributed by atoms with E-state index in [1.165, 1.54) is 66.3 Å². The average Bonchev–Trinajstić information content (AvgIpc) is 3.97. The van der Waals surface area contributed by atoms with Crippen LogP contribution in [0.4, 0.5) is 34.1 Å². The lowest BCUT2D eigenvalue weighted by atomic mass is 9.70. The lowest BCUT2D eigenvalue weighted by Gasteiger charge is -2.32. The number of anilines is 6. The Hall–Kier alpha value is -8.40. The summed E-state index contributed by atoms with van der Waals surface area (Å²) in [6, 6.07) is 91.2. The van der Waals surface area contributed by atoms with Crippen LogP contribution in [0, 0.1) is 0 Å². The van der Waals surface area contributed by atoms with Crippen molar-refractivity contribution in [2.24, 2.45) is 0 Å². The summed E-state index contributed by atoms with van der Waals surface area (Å²) in [5, 5.41) is 2.45. The third-order valence-electron chi connectivity index (χ3n) is 13.5. The molecule has 0 saturated heterocycles. The Morgan fingerprint density at radius 3 is 1.45 bits per heavy atom. The van der Waals surface area contributed by atoms with E-state index in [2.05, 4.69) is 263 Å². The van der Waals surface area contributed by atoms with Crippen molar-refractivity contribution in [1.82, 2.24) is 4.57 Å². The molecule has 0 fully saturated rings. The number of aromatic nitrogens is 1. The first-order chi connectivity index (χ1) is 31.8. The van der Waals surface area contributed by atoms with Gasteiger partial charge in [0.1, 0.15) is 0 Å². The average molecular weight is 816 g/mol. The molecule has 0 amide bonds. The Labute approximate surface area is 373 Å². The van der Waals surface area contributed by atoms with Crippen LogP contribution in [0.3, 0.4) is 0 Å². The highest BCUT2D eigenvalue weighted by Crippen LogP contribution is 2.64. The molecule has 1 spiro atoms. The summed E-state index contributed by atoms with van der Waals surface area (Å²) in [7, 11) is 0. The van der Waals surface area contributed by atoms with Gasteiger partial charge in [-0.2, -0.15) is 0 Å². The Balaban J connectivity index is 1.06. The Bertz CT molecular complexity index is 3520. The molecule has 10 aromatic carbocycles. The molecule has 13 rings (SSSR count). The lowest BCUT2D eigenvalue weighted by molar-refractivity contribution is 0.793. The zero-order valence-electron chi connectivity index (χ0n) is 35.0. The summed E-state index contributed by atoms with van der Waals surface area (Å²) < 4.78 is 2.44. The molecule has 2 aliphatic rings. The fraction of sp³-hybridized carbons (Fsp3) is 0.0164. The molecule has 1 unspecified atom stereocenters. The van der Waals surface area contributed by atoms with Crippen molar-refractivity contribution in [2.45, 2.75) is 5.41 Å². The van der Waals surface area contributed by atoms with Gasteiger partial charge in [-0.1, -0.05) is 164 Å². The lowest BCUT2D eigenvalue weighted by Crippen LogP contribution is -2.26. The second-order valence-corrected chi connectivity index (χ2v) is 16.8. The minimum atomic E-state index is -0.525. The topological polar surface area (TPSA) is 11.4 Å². The van der Waals surface area contributed by atoms with Gasteiger partial charge in [0, 0.05) is 44.9 Å². The number of fused-ring (bicyclic) bond motifs is 13. The standard InChI is InChI=1S/C61H41N3/c1-5-20-42(21-6-1)62(43-22-7-2-8-23-43)47-36-38-50-48-28-13-16-32-54(48)61(57(50)41-47)55-33-17-14-29-49(55)53-40-46(37-39-56(53)61)63(44-24-9-3-10-25-44)59-35-19-31-52-51-30-15-18-34-58(51)64(60(52)59)45-26-11-4-12-27-45/h1-41H. The van der Waals surface area contributed by atoms with Gasteiger partial charge in [-0.3, -0.25) is 0 Å². The summed E-state index contributed by atoms with van der Waals surface area (Å²) in [6.07, 6.45) is 0. The molecule has 0 bridgehead atoms. The molecule has 2 aliphatic carbocycles. The van der Waals surface area contributed by atoms with E-state index in [0.717, 1.165) is 39.8 Å². The van der Waals surface area contributed by atoms with Gasteiger partial charge in [0.05, 0.1) is 22.1 Å². The fourth-order valence-electron chi connectivity index (χ4n) is 11.0. The molecule has 1 atom stereocenters. The third kappa shape index (κ3) is 5.22. The zero-order chi connectivity index (χ0) is 42.2. The molecule has 0 radical (unpaired) electrons. The molecule has 64 heavy (non-hydrogen) atoms. The second-order valence-electron chi connectivity index (χ2n) is 16.8. The number of hydrogen-bond donors (Lipinski definition) is 0. The van der Waals surface area contributed by atoms with Gasteiger partial charge in [0.25, 0.3) is 0 Å². The van der Waals surface area contributed by atoms with Crippen LogP contribution in [0.25, 0.3) is 49.7 Å². The van der Waals surface area contributed by atoms with Crippen molar-refractivity contribution in [3.05, 3.63) is 271 Å². The van der Waals surface area contributed by atoms with E-state index in [1.807, 2.05) is 0 Å². The smallest absolute Gasteiger partial charge is 0.0782 e.